The first kappa shape index (κ1) is 18.1. The SMILES string of the molecule is CC(C)(CNS(=O)(=O)c1ccc(CCN)cc1)S(C)(=O)=O. The second-order valence-electron chi connectivity index (χ2n) is 5.54. The van der Waals surface area contributed by atoms with E-state index in [0.29, 0.717) is 13.0 Å². The van der Waals surface area contributed by atoms with Crippen LogP contribution < -0.4 is 10.5 Å². The smallest absolute Gasteiger partial charge is 0.240 e. The van der Waals surface area contributed by atoms with E-state index in [0.717, 1.165) is 11.8 Å². The van der Waals surface area contributed by atoms with E-state index in [1.165, 1.54) is 26.0 Å². The third kappa shape index (κ3) is 4.77. The molecule has 3 N–H and O–H groups in total. The first-order valence-corrected chi connectivity index (χ1v) is 9.85. The van der Waals surface area contributed by atoms with Crippen LogP contribution in [0.4, 0.5) is 0 Å². The molecular formula is C13H22N2O4S2. The van der Waals surface area contributed by atoms with Crippen molar-refractivity contribution in [3.63, 3.8) is 0 Å². The summed E-state index contributed by atoms with van der Waals surface area (Å²) in [5, 5.41) is 0. The summed E-state index contributed by atoms with van der Waals surface area (Å²) in [5.41, 5.74) is 6.38. The molecule has 0 fully saturated rings. The maximum Gasteiger partial charge on any atom is 0.240 e. The monoisotopic (exact) mass is 334 g/mol. The molecule has 0 unspecified atom stereocenters. The largest absolute Gasteiger partial charge is 0.330 e. The zero-order valence-corrected chi connectivity index (χ0v) is 14.1. The van der Waals surface area contributed by atoms with Crippen molar-refractivity contribution in [3.8, 4) is 0 Å². The summed E-state index contributed by atoms with van der Waals surface area (Å²) in [6, 6.07) is 6.37. The molecular weight excluding hydrogens is 312 g/mol. The summed E-state index contributed by atoms with van der Waals surface area (Å²) in [7, 11) is -7.09. The van der Waals surface area contributed by atoms with E-state index in [1.54, 1.807) is 12.1 Å². The zero-order chi connectivity index (χ0) is 16.3. The Labute approximate surface area is 126 Å². The number of hydrogen-bond acceptors (Lipinski definition) is 5. The van der Waals surface area contributed by atoms with E-state index in [1.807, 2.05) is 0 Å². The molecule has 0 spiro atoms. The third-order valence-corrected chi connectivity index (χ3v) is 6.93. The molecule has 0 bridgehead atoms. The number of sulfonamides is 1. The molecule has 120 valence electrons. The molecule has 0 amide bonds. The summed E-state index contributed by atoms with van der Waals surface area (Å²) in [6.45, 7) is 3.27. The van der Waals surface area contributed by atoms with Gasteiger partial charge in [0.05, 0.1) is 9.64 Å². The minimum Gasteiger partial charge on any atom is -0.330 e. The van der Waals surface area contributed by atoms with E-state index in [-0.39, 0.29) is 11.4 Å². The molecule has 8 heteroatoms. The number of benzene rings is 1. The van der Waals surface area contributed by atoms with Crippen molar-refractivity contribution in [3.05, 3.63) is 29.8 Å². The van der Waals surface area contributed by atoms with Crippen molar-refractivity contribution in [1.29, 1.82) is 0 Å². The minimum absolute atomic E-state index is 0.104. The van der Waals surface area contributed by atoms with Crippen LogP contribution in [0.3, 0.4) is 0 Å². The van der Waals surface area contributed by atoms with Gasteiger partial charge in [-0.3, -0.25) is 0 Å². The highest BCUT2D eigenvalue weighted by molar-refractivity contribution is 7.92. The fraction of sp³-hybridized carbons (Fsp3) is 0.538. The molecule has 1 aromatic carbocycles. The minimum atomic E-state index is -3.73. The number of nitrogens with one attached hydrogen (secondary N) is 1. The number of hydrogen-bond donors (Lipinski definition) is 2. The molecule has 6 nitrogen and oxygen atoms in total. The van der Waals surface area contributed by atoms with Crippen LogP contribution in [0.1, 0.15) is 19.4 Å². The molecule has 0 saturated heterocycles. The molecule has 0 aromatic heterocycles. The van der Waals surface area contributed by atoms with Crippen LogP contribution in [-0.2, 0) is 26.3 Å². The Morgan fingerprint density at radius 2 is 1.62 bits per heavy atom. The fourth-order valence-corrected chi connectivity index (χ4v) is 3.12. The molecule has 0 heterocycles. The predicted molar refractivity (Wildman–Crippen MR) is 83.3 cm³/mol. The Balaban J connectivity index is 2.87. The van der Waals surface area contributed by atoms with Crippen molar-refractivity contribution < 1.29 is 16.8 Å². The maximum absolute atomic E-state index is 12.1. The lowest BCUT2D eigenvalue weighted by molar-refractivity contribution is 0.537. The van der Waals surface area contributed by atoms with Crippen LogP contribution >= 0.6 is 0 Å². The molecule has 1 aromatic rings. The van der Waals surface area contributed by atoms with Gasteiger partial charge in [-0.05, 0) is 44.5 Å². The summed E-state index contributed by atoms with van der Waals surface area (Å²) in [6.07, 6.45) is 1.76. The Kier molecular flexibility index (Phi) is 5.54. The highest BCUT2D eigenvalue weighted by Crippen LogP contribution is 2.16. The first-order valence-electron chi connectivity index (χ1n) is 6.48. The standard InChI is InChI=1S/C13H22N2O4S2/c1-13(2,20(3,16)17)10-15-21(18,19)12-6-4-11(5-7-12)8-9-14/h4-7,15H,8-10,14H2,1-3H3. The second kappa shape index (κ2) is 6.43. The van der Waals surface area contributed by atoms with Crippen LogP contribution in [-0.4, -0.2) is 40.9 Å². The van der Waals surface area contributed by atoms with Crippen LogP contribution in [0.5, 0.6) is 0 Å². The van der Waals surface area contributed by atoms with Gasteiger partial charge in [-0.1, -0.05) is 12.1 Å². The van der Waals surface area contributed by atoms with E-state index >= 15 is 0 Å². The average molecular weight is 334 g/mol. The quantitative estimate of drug-likeness (QED) is 0.745. The van der Waals surface area contributed by atoms with Gasteiger partial charge < -0.3 is 5.73 Å². The average Bonchev–Trinajstić information content (AvgIpc) is 2.36. The lowest BCUT2D eigenvalue weighted by Crippen LogP contribution is -2.43. The Morgan fingerprint density at radius 1 is 1.10 bits per heavy atom. The van der Waals surface area contributed by atoms with Crippen molar-refractivity contribution in [2.24, 2.45) is 5.73 Å². The van der Waals surface area contributed by atoms with Gasteiger partial charge in [0.25, 0.3) is 0 Å². The third-order valence-electron chi connectivity index (χ3n) is 3.36. The van der Waals surface area contributed by atoms with Crippen LogP contribution in [0.2, 0.25) is 0 Å². The normalized spacial score (nSPS) is 13.3. The van der Waals surface area contributed by atoms with Crippen LogP contribution in [0.25, 0.3) is 0 Å². The van der Waals surface area contributed by atoms with Crippen LogP contribution in [0, 0.1) is 0 Å². The predicted octanol–water partition coefficient (Wildman–Crippen LogP) is 0.289. The van der Waals surface area contributed by atoms with Gasteiger partial charge in [-0.25, -0.2) is 21.6 Å². The van der Waals surface area contributed by atoms with Crippen molar-refractivity contribution in [1.82, 2.24) is 4.72 Å². The highest BCUT2D eigenvalue weighted by atomic mass is 32.2. The zero-order valence-electron chi connectivity index (χ0n) is 12.5. The fourth-order valence-electron chi connectivity index (χ4n) is 1.49. The van der Waals surface area contributed by atoms with Gasteiger partial charge in [0.1, 0.15) is 0 Å². The highest BCUT2D eigenvalue weighted by Gasteiger charge is 2.31. The van der Waals surface area contributed by atoms with Crippen molar-refractivity contribution in [2.45, 2.75) is 29.9 Å². The molecule has 0 radical (unpaired) electrons. The number of nitrogens with two attached hydrogens (primary N) is 1. The van der Waals surface area contributed by atoms with Crippen LogP contribution in [0.15, 0.2) is 29.2 Å². The van der Waals surface area contributed by atoms with Crippen molar-refractivity contribution >= 4 is 19.9 Å². The van der Waals surface area contributed by atoms with Gasteiger partial charge in [0.2, 0.25) is 10.0 Å². The number of sulfone groups is 1. The molecule has 0 aliphatic heterocycles. The van der Waals surface area contributed by atoms with Gasteiger partial charge in [-0.2, -0.15) is 0 Å². The van der Waals surface area contributed by atoms with E-state index < -0.39 is 24.6 Å². The van der Waals surface area contributed by atoms with E-state index in [2.05, 4.69) is 4.72 Å². The Bertz CT molecular complexity index is 677. The second-order valence-corrected chi connectivity index (χ2v) is 9.96. The van der Waals surface area contributed by atoms with Gasteiger partial charge >= 0.3 is 0 Å². The van der Waals surface area contributed by atoms with Crippen molar-refractivity contribution in [2.75, 3.05) is 19.3 Å². The van der Waals surface area contributed by atoms with Gasteiger partial charge in [0.15, 0.2) is 9.84 Å². The summed E-state index contributed by atoms with van der Waals surface area (Å²) >= 11 is 0. The topological polar surface area (TPSA) is 106 Å². The molecule has 0 saturated carbocycles. The Hall–Kier alpha value is -0.960. The molecule has 0 atom stereocenters. The molecule has 1 rings (SSSR count). The summed E-state index contributed by atoms with van der Waals surface area (Å²) in [4.78, 5) is 0.104. The van der Waals surface area contributed by atoms with Gasteiger partial charge in [-0.15, -0.1) is 0 Å². The summed E-state index contributed by atoms with van der Waals surface area (Å²) in [5.74, 6) is 0. The molecule has 0 aliphatic carbocycles. The summed E-state index contributed by atoms with van der Waals surface area (Å²) < 4.78 is 48.6. The first-order chi connectivity index (χ1) is 9.49. The lowest BCUT2D eigenvalue weighted by atomic mass is 10.2. The van der Waals surface area contributed by atoms with E-state index in [4.69, 9.17) is 5.73 Å². The molecule has 0 aliphatic rings. The van der Waals surface area contributed by atoms with E-state index in [9.17, 15) is 16.8 Å². The number of rotatable bonds is 7. The maximum atomic E-state index is 12.1. The lowest BCUT2D eigenvalue weighted by Gasteiger charge is -2.22. The Morgan fingerprint density at radius 3 is 2.05 bits per heavy atom. The van der Waals surface area contributed by atoms with Gasteiger partial charge in [0, 0.05) is 12.8 Å². The molecule has 21 heavy (non-hydrogen) atoms.